The number of halogens is 1. The van der Waals surface area contributed by atoms with Crippen molar-refractivity contribution in [1.82, 2.24) is 15.2 Å². The van der Waals surface area contributed by atoms with Crippen molar-refractivity contribution in [2.75, 3.05) is 6.54 Å². The van der Waals surface area contributed by atoms with Crippen LogP contribution in [0.1, 0.15) is 47.8 Å². The molecule has 2 aromatic heterocycles. The molecule has 1 amide bonds. The van der Waals surface area contributed by atoms with Crippen LogP contribution in [0.5, 0.6) is 0 Å². The molecule has 0 unspecified atom stereocenters. The average molecular weight is 504 g/mol. The zero-order chi connectivity index (χ0) is 24.2. The molecule has 2 heterocycles. The highest BCUT2D eigenvalue weighted by Gasteiger charge is 2.31. The molecular formula is C29H30ClN3OS. The van der Waals surface area contributed by atoms with Crippen molar-refractivity contribution in [3.63, 3.8) is 0 Å². The lowest BCUT2D eigenvalue weighted by Crippen LogP contribution is -2.44. The molecule has 4 nitrogen and oxygen atoms in total. The number of aromatic nitrogens is 1. The molecule has 0 atom stereocenters. The van der Waals surface area contributed by atoms with Gasteiger partial charge in [-0.2, -0.15) is 0 Å². The lowest BCUT2D eigenvalue weighted by molar-refractivity contribution is 0.0605. The number of thiophene rings is 1. The Morgan fingerprint density at radius 3 is 2.37 bits per heavy atom. The van der Waals surface area contributed by atoms with E-state index in [0.29, 0.717) is 22.5 Å². The van der Waals surface area contributed by atoms with Gasteiger partial charge in [0.05, 0.1) is 5.02 Å². The largest absolute Gasteiger partial charge is 0.331 e. The Kier molecular flexibility index (Phi) is 7.47. The first-order chi connectivity index (χ1) is 17.1. The number of hydrogen-bond acceptors (Lipinski definition) is 4. The molecule has 0 saturated heterocycles. The van der Waals surface area contributed by atoms with Crippen LogP contribution in [0.3, 0.4) is 0 Å². The summed E-state index contributed by atoms with van der Waals surface area (Å²) in [5, 5.41) is 5.11. The lowest BCUT2D eigenvalue weighted by atomic mass is 9.89. The molecule has 0 radical (unpaired) electrons. The second-order valence-corrected chi connectivity index (χ2v) is 10.6. The van der Waals surface area contributed by atoms with Crippen molar-refractivity contribution in [3.05, 3.63) is 88.5 Å². The molecule has 0 aliphatic heterocycles. The van der Waals surface area contributed by atoms with E-state index >= 15 is 0 Å². The molecular weight excluding hydrogens is 474 g/mol. The second kappa shape index (κ2) is 10.9. The van der Waals surface area contributed by atoms with Gasteiger partial charge in [0.1, 0.15) is 4.88 Å². The van der Waals surface area contributed by atoms with Crippen molar-refractivity contribution in [1.29, 1.82) is 0 Å². The van der Waals surface area contributed by atoms with Crippen molar-refractivity contribution in [3.8, 4) is 11.1 Å². The second-order valence-electron chi connectivity index (χ2n) is 9.17. The van der Waals surface area contributed by atoms with Crippen LogP contribution in [0.25, 0.3) is 21.2 Å². The fourth-order valence-electron chi connectivity index (χ4n) is 5.07. The molecule has 1 aliphatic rings. The van der Waals surface area contributed by atoms with Gasteiger partial charge in [0, 0.05) is 41.1 Å². The predicted octanol–water partition coefficient (Wildman–Crippen LogP) is 7.18. The zero-order valence-corrected chi connectivity index (χ0v) is 21.5. The first-order valence-electron chi connectivity index (χ1n) is 12.3. The molecule has 2 aromatic carbocycles. The van der Waals surface area contributed by atoms with E-state index in [4.69, 9.17) is 11.6 Å². The Morgan fingerprint density at radius 2 is 1.69 bits per heavy atom. The number of rotatable bonds is 7. The van der Waals surface area contributed by atoms with E-state index in [0.717, 1.165) is 59.0 Å². The molecule has 6 heteroatoms. The van der Waals surface area contributed by atoms with E-state index < -0.39 is 0 Å². The summed E-state index contributed by atoms with van der Waals surface area (Å²) in [6.45, 7) is 3.72. The number of carbonyl (C=O) groups excluding carboxylic acids is 1. The van der Waals surface area contributed by atoms with Crippen molar-refractivity contribution in [2.45, 2.75) is 51.2 Å². The Labute approximate surface area is 216 Å². The predicted molar refractivity (Wildman–Crippen MR) is 146 cm³/mol. The van der Waals surface area contributed by atoms with Gasteiger partial charge in [0.2, 0.25) is 0 Å². The van der Waals surface area contributed by atoms with E-state index in [2.05, 4.69) is 46.4 Å². The fraction of sp³-hybridized carbons (Fsp3) is 0.310. The van der Waals surface area contributed by atoms with Gasteiger partial charge in [0.15, 0.2) is 0 Å². The molecule has 180 valence electrons. The van der Waals surface area contributed by atoms with Crippen LogP contribution in [0.2, 0.25) is 5.02 Å². The van der Waals surface area contributed by atoms with E-state index in [1.165, 1.54) is 11.3 Å². The average Bonchev–Trinajstić information content (AvgIpc) is 3.25. The molecule has 1 N–H and O–H groups in total. The van der Waals surface area contributed by atoms with Crippen LogP contribution < -0.4 is 5.32 Å². The summed E-state index contributed by atoms with van der Waals surface area (Å²) in [4.78, 5) is 20.8. The quantitative estimate of drug-likeness (QED) is 0.290. The Morgan fingerprint density at radius 1 is 1.00 bits per heavy atom. The number of amides is 1. The maximum absolute atomic E-state index is 14.0. The van der Waals surface area contributed by atoms with Crippen molar-refractivity contribution >= 4 is 38.9 Å². The van der Waals surface area contributed by atoms with E-state index in [9.17, 15) is 4.79 Å². The Balaban J connectivity index is 1.42. The van der Waals surface area contributed by atoms with Crippen LogP contribution in [0.4, 0.5) is 0 Å². The molecule has 5 rings (SSSR count). The van der Waals surface area contributed by atoms with Gasteiger partial charge < -0.3 is 10.2 Å². The smallest absolute Gasteiger partial charge is 0.266 e. The zero-order valence-electron chi connectivity index (χ0n) is 19.9. The van der Waals surface area contributed by atoms with Gasteiger partial charge in [-0.3, -0.25) is 9.78 Å². The van der Waals surface area contributed by atoms with Gasteiger partial charge in [-0.1, -0.05) is 61.0 Å². The topological polar surface area (TPSA) is 45.2 Å². The summed E-state index contributed by atoms with van der Waals surface area (Å²) in [5.41, 5.74) is 3.41. The minimum absolute atomic E-state index is 0.0429. The van der Waals surface area contributed by atoms with Gasteiger partial charge in [-0.25, -0.2) is 0 Å². The third-order valence-electron chi connectivity index (χ3n) is 6.94. The van der Waals surface area contributed by atoms with Crippen molar-refractivity contribution < 1.29 is 4.79 Å². The van der Waals surface area contributed by atoms with E-state index in [1.54, 1.807) is 0 Å². The summed E-state index contributed by atoms with van der Waals surface area (Å²) in [6.07, 6.45) is 7.79. The number of fused-ring (bicyclic) bond motifs is 1. The summed E-state index contributed by atoms with van der Waals surface area (Å²) < 4.78 is 1.05. The van der Waals surface area contributed by atoms with Crippen LogP contribution in [0.15, 0.2) is 73.1 Å². The van der Waals surface area contributed by atoms with Gasteiger partial charge in [-0.05, 0) is 67.1 Å². The molecule has 1 aliphatic carbocycles. The van der Waals surface area contributed by atoms with E-state index in [-0.39, 0.29) is 11.9 Å². The number of hydrogen-bond donors (Lipinski definition) is 1. The van der Waals surface area contributed by atoms with Crippen LogP contribution in [0, 0.1) is 0 Å². The summed E-state index contributed by atoms with van der Waals surface area (Å²) in [5.74, 6) is 0.0429. The number of nitrogens with zero attached hydrogens (tertiary/aromatic N) is 2. The van der Waals surface area contributed by atoms with Crippen molar-refractivity contribution in [2.24, 2.45) is 0 Å². The normalized spacial score (nSPS) is 18.0. The van der Waals surface area contributed by atoms with Crippen LogP contribution >= 0.6 is 22.9 Å². The molecule has 0 spiro atoms. The number of benzene rings is 2. The van der Waals surface area contributed by atoms with Gasteiger partial charge in [-0.15, -0.1) is 11.3 Å². The minimum Gasteiger partial charge on any atom is -0.331 e. The third kappa shape index (κ3) is 5.27. The first kappa shape index (κ1) is 24.0. The molecule has 35 heavy (non-hydrogen) atoms. The maximum Gasteiger partial charge on any atom is 0.266 e. The summed E-state index contributed by atoms with van der Waals surface area (Å²) >= 11 is 8.24. The number of pyridine rings is 1. The molecule has 4 aromatic rings. The first-order valence-corrected chi connectivity index (χ1v) is 13.5. The minimum atomic E-state index is 0.0429. The lowest BCUT2D eigenvalue weighted by Gasteiger charge is -2.37. The van der Waals surface area contributed by atoms with E-state index in [1.807, 2.05) is 48.8 Å². The van der Waals surface area contributed by atoms with Crippen LogP contribution in [-0.4, -0.2) is 34.4 Å². The molecule has 0 bridgehead atoms. The summed E-state index contributed by atoms with van der Waals surface area (Å²) in [6, 6.07) is 21.3. The third-order valence-corrected chi connectivity index (χ3v) is 8.60. The highest BCUT2D eigenvalue weighted by atomic mass is 35.5. The number of nitrogens with one attached hydrogen (secondary N) is 1. The molecule has 1 fully saturated rings. The fourth-order valence-corrected chi connectivity index (χ4v) is 6.54. The Hall–Kier alpha value is -2.73. The number of carbonyl (C=O) groups is 1. The van der Waals surface area contributed by atoms with Gasteiger partial charge >= 0.3 is 0 Å². The Bertz CT molecular complexity index is 1280. The highest BCUT2D eigenvalue weighted by molar-refractivity contribution is 7.21. The standard InChI is InChI=1S/C29H30ClN3OS/c1-2-32-23-11-13-24(14-12-23)33(29(34)28-27(30)25-5-3-4-6-26(25)35-28)19-20-7-9-21(10-8-20)22-15-17-31-18-16-22/h3-10,15-18,23-24,32H,2,11-14,19H2,1H3. The molecule has 1 saturated carbocycles. The summed E-state index contributed by atoms with van der Waals surface area (Å²) in [7, 11) is 0. The maximum atomic E-state index is 14.0. The monoisotopic (exact) mass is 503 g/mol. The highest BCUT2D eigenvalue weighted by Crippen LogP contribution is 2.37. The van der Waals surface area contributed by atoms with Gasteiger partial charge in [0.25, 0.3) is 5.91 Å². The van der Waals surface area contributed by atoms with Crippen LogP contribution in [-0.2, 0) is 6.54 Å². The SMILES string of the molecule is CCNC1CCC(N(Cc2ccc(-c3ccncc3)cc2)C(=O)c2sc3ccccc3c2Cl)CC1.